The van der Waals surface area contributed by atoms with Crippen LogP contribution < -0.4 is 0 Å². The quantitative estimate of drug-likeness (QED) is 0.888. The van der Waals surface area contributed by atoms with E-state index in [9.17, 15) is 4.79 Å². The molecule has 1 aromatic rings. The lowest BCUT2D eigenvalue weighted by Gasteiger charge is -2.23. The van der Waals surface area contributed by atoms with Crippen LogP contribution in [0.1, 0.15) is 28.8 Å². The highest BCUT2D eigenvalue weighted by Crippen LogP contribution is 2.22. The van der Waals surface area contributed by atoms with Gasteiger partial charge in [0.05, 0.1) is 5.56 Å². The van der Waals surface area contributed by atoms with Gasteiger partial charge in [-0.25, -0.2) is 4.79 Å². The fourth-order valence-corrected chi connectivity index (χ4v) is 3.28. The number of nitrogens with zero attached hydrogens (tertiary/aromatic N) is 1. The zero-order valence-corrected chi connectivity index (χ0v) is 11.4. The molecular formula is C14H19NO2S. The molecule has 1 unspecified atom stereocenters. The van der Waals surface area contributed by atoms with Crippen molar-refractivity contribution < 1.29 is 9.90 Å². The lowest BCUT2D eigenvalue weighted by Crippen LogP contribution is -2.30. The van der Waals surface area contributed by atoms with Crippen molar-refractivity contribution in [3.63, 3.8) is 0 Å². The van der Waals surface area contributed by atoms with Crippen LogP contribution in [0.25, 0.3) is 0 Å². The third-order valence-corrected chi connectivity index (χ3v) is 4.14. The molecule has 0 aromatic heterocycles. The minimum Gasteiger partial charge on any atom is -0.478 e. The van der Waals surface area contributed by atoms with Crippen molar-refractivity contribution in [1.29, 1.82) is 0 Å². The van der Waals surface area contributed by atoms with Gasteiger partial charge in [0, 0.05) is 18.3 Å². The molecule has 1 fully saturated rings. The highest BCUT2D eigenvalue weighted by atomic mass is 32.2. The Hall–Kier alpha value is -1.00. The Labute approximate surface area is 112 Å². The molecule has 1 saturated heterocycles. The summed E-state index contributed by atoms with van der Waals surface area (Å²) >= 11 is 1.89. The molecule has 0 aliphatic carbocycles. The van der Waals surface area contributed by atoms with E-state index in [1.807, 2.05) is 23.9 Å². The SMILES string of the molecule is CSCC1CCCN1Cc1cccc(C(=O)O)c1. The molecule has 0 radical (unpaired) electrons. The maximum atomic E-state index is 10.9. The van der Waals surface area contributed by atoms with Gasteiger partial charge in [0.1, 0.15) is 0 Å². The highest BCUT2D eigenvalue weighted by Gasteiger charge is 2.23. The largest absolute Gasteiger partial charge is 0.478 e. The van der Waals surface area contributed by atoms with Gasteiger partial charge in [0.2, 0.25) is 0 Å². The van der Waals surface area contributed by atoms with Crippen molar-refractivity contribution in [2.24, 2.45) is 0 Å². The molecule has 2 rings (SSSR count). The molecule has 0 amide bonds. The molecule has 1 heterocycles. The summed E-state index contributed by atoms with van der Waals surface area (Å²) in [5, 5.41) is 8.99. The first-order valence-electron chi connectivity index (χ1n) is 6.26. The van der Waals surface area contributed by atoms with Crippen molar-refractivity contribution in [2.75, 3.05) is 18.6 Å². The molecule has 98 valence electrons. The van der Waals surface area contributed by atoms with E-state index >= 15 is 0 Å². The van der Waals surface area contributed by atoms with Crippen molar-refractivity contribution in [3.8, 4) is 0 Å². The van der Waals surface area contributed by atoms with Crippen LogP contribution in [-0.4, -0.2) is 40.6 Å². The number of hydrogen-bond acceptors (Lipinski definition) is 3. The van der Waals surface area contributed by atoms with Crippen LogP contribution in [0, 0.1) is 0 Å². The Bertz CT molecular complexity index is 422. The van der Waals surface area contributed by atoms with Crippen LogP contribution in [0.5, 0.6) is 0 Å². The van der Waals surface area contributed by atoms with E-state index in [4.69, 9.17) is 5.11 Å². The second kappa shape index (κ2) is 6.25. The molecule has 18 heavy (non-hydrogen) atoms. The molecule has 4 heteroatoms. The van der Waals surface area contributed by atoms with Crippen LogP contribution in [0.15, 0.2) is 24.3 Å². The molecule has 1 N–H and O–H groups in total. The van der Waals surface area contributed by atoms with E-state index in [1.165, 1.54) is 18.6 Å². The lowest BCUT2D eigenvalue weighted by atomic mass is 10.1. The summed E-state index contributed by atoms with van der Waals surface area (Å²) in [5.41, 5.74) is 1.48. The number of likely N-dealkylation sites (tertiary alicyclic amines) is 1. The molecule has 1 aromatic carbocycles. The van der Waals surface area contributed by atoms with Crippen LogP contribution in [0.2, 0.25) is 0 Å². The molecule has 1 aliphatic heterocycles. The predicted molar refractivity (Wildman–Crippen MR) is 75.2 cm³/mol. The maximum absolute atomic E-state index is 10.9. The average molecular weight is 265 g/mol. The van der Waals surface area contributed by atoms with Crippen LogP contribution >= 0.6 is 11.8 Å². The smallest absolute Gasteiger partial charge is 0.335 e. The Morgan fingerprint density at radius 3 is 3.11 bits per heavy atom. The Balaban J connectivity index is 2.04. The van der Waals surface area contributed by atoms with Crippen LogP contribution in [0.4, 0.5) is 0 Å². The molecular weight excluding hydrogens is 246 g/mol. The Morgan fingerprint density at radius 1 is 1.56 bits per heavy atom. The average Bonchev–Trinajstić information content (AvgIpc) is 2.77. The number of benzene rings is 1. The van der Waals surface area contributed by atoms with E-state index in [2.05, 4.69) is 11.2 Å². The fraction of sp³-hybridized carbons (Fsp3) is 0.500. The van der Waals surface area contributed by atoms with Crippen molar-refractivity contribution in [3.05, 3.63) is 35.4 Å². The van der Waals surface area contributed by atoms with Gasteiger partial charge in [-0.3, -0.25) is 4.90 Å². The van der Waals surface area contributed by atoms with Gasteiger partial charge in [-0.2, -0.15) is 11.8 Å². The molecule has 0 saturated carbocycles. The van der Waals surface area contributed by atoms with Crippen molar-refractivity contribution in [2.45, 2.75) is 25.4 Å². The summed E-state index contributed by atoms with van der Waals surface area (Å²) in [6, 6.07) is 7.93. The second-order valence-electron chi connectivity index (χ2n) is 4.73. The van der Waals surface area contributed by atoms with E-state index in [1.54, 1.807) is 12.1 Å². The van der Waals surface area contributed by atoms with Crippen LogP contribution in [0.3, 0.4) is 0 Å². The normalized spacial score (nSPS) is 20.2. The number of rotatable bonds is 5. The second-order valence-corrected chi connectivity index (χ2v) is 5.64. The third-order valence-electron chi connectivity index (χ3n) is 3.42. The number of hydrogen-bond donors (Lipinski definition) is 1. The number of thioether (sulfide) groups is 1. The number of carbonyl (C=O) groups is 1. The zero-order valence-electron chi connectivity index (χ0n) is 10.6. The number of carboxylic acid groups (broad SMARTS) is 1. The first-order valence-corrected chi connectivity index (χ1v) is 7.65. The maximum Gasteiger partial charge on any atom is 0.335 e. The number of aromatic carboxylic acids is 1. The zero-order chi connectivity index (χ0) is 13.0. The van der Waals surface area contributed by atoms with E-state index in [-0.39, 0.29) is 0 Å². The van der Waals surface area contributed by atoms with Crippen molar-refractivity contribution in [1.82, 2.24) is 4.90 Å². The minimum atomic E-state index is -0.848. The van der Waals surface area contributed by atoms with Crippen molar-refractivity contribution >= 4 is 17.7 Å². The predicted octanol–water partition coefficient (Wildman–Crippen LogP) is 2.71. The highest BCUT2D eigenvalue weighted by molar-refractivity contribution is 7.98. The van der Waals surface area contributed by atoms with Gasteiger partial charge in [0.15, 0.2) is 0 Å². The monoisotopic (exact) mass is 265 g/mol. The topological polar surface area (TPSA) is 40.5 Å². The molecule has 0 spiro atoms. The van der Waals surface area contributed by atoms with E-state index in [0.717, 1.165) is 18.7 Å². The fourth-order valence-electron chi connectivity index (χ4n) is 2.52. The Morgan fingerprint density at radius 2 is 2.39 bits per heavy atom. The van der Waals surface area contributed by atoms with Gasteiger partial charge < -0.3 is 5.11 Å². The summed E-state index contributed by atoms with van der Waals surface area (Å²) in [7, 11) is 0. The van der Waals surface area contributed by atoms with Crippen LogP contribution in [-0.2, 0) is 6.54 Å². The Kier molecular flexibility index (Phi) is 4.66. The molecule has 1 aliphatic rings. The lowest BCUT2D eigenvalue weighted by molar-refractivity contribution is 0.0696. The first kappa shape index (κ1) is 13.4. The van der Waals surface area contributed by atoms with Gasteiger partial charge in [-0.1, -0.05) is 12.1 Å². The van der Waals surface area contributed by atoms with Gasteiger partial charge in [-0.05, 0) is 43.3 Å². The van der Waals surface area contributed by atoms with Gasteiger partial charge in [-0.15, -0.1) is 0 Å². The summed E-state index contributed by atoms with van der Waals surface area (Å²) < 4.78 is 0. The molecule has 3 nitrogen and oxygen atoms in total. The first-order chi connectivity index (χ1) is 8.70. The van der Waals surface area contributed by atoms with Gasteiger partial charge >= 0.3 is 5.97 Å². The standard InChI is InChI=1S/C14H19NO2S/c1-18-10-13-6-3-7-15(13)9-11-4-2-5-12(8-11)14(16)17/h2,4-5,8,13H,3,6-7,9-10H2,1H3,(H,16,17). The minimum absolute atomic E-state index is 0.383. The third kappa shape index (κ3) is 3.27. The van der Waals surface area contributed by atoms with E-state index in [0.29, 0.717) is 11.6 Å². The molecule has 1 atom stereocenters. The summed E-state index contributed by atoms with van der Waals surface area (Å²) in [6.45, 7) is 1.99. The molecule has 0 bridgehead atoms. The summed E-state index contributed by atoms with van der Waals surface area (Å²) in [4.78, 5) is 13.4. The summed E-state index contributed by atoms with van der Waals surface area (Å²) in [6.07, 6.45) is 4.66. The summed E-state index contributed by atoms with van der Waals surface area (Å²) in [5.74, 6) is 0.317. The van der Waals surface area contributed by atoms with E-state index < -0.39 is 5.97 Å². The number of carboxylic acids is 1. The van der Waals surface area contributed by atoms with Gasteiger partial charge in [0.25, 0.3) is 0 Å².